The predicted octanol–water partition coefficient (Wildman–Crippen LogP) is 2.48. The molecule has 0 fully saturated rings. The minimum Gasteiger partial charge on any atom is -0.493 e. The average molecular weight is 364 g/mol. The van der Waals surface area contributed by atoms with Crippen molar-refractivity contribution >= 4 is 11.7 Å². The number of anilines is 1. The second-order valence-corrected chi connectivity index (χ2v) is 6.32. The van der Waals surface area contributed by atoms with E-state index in [1.807, 2.05) is 28.8 Å². The van der Waals surface area contributed by atoms with Gasteiger partial charge >= 0.3 is 0 Å². The maximum absolute atomic E-state index is 12.4. The lowest BCUT2D eigenvalue weighted by Gasteiger charge is -2.24. The van der Waals surface area contributed by atoms with Crippen LogP contribution in [0, 0.1) is 0 Å². The van der Waals surface area contributed by atoms with Gasteiger partial charge in [0.2, 0.25) is 18.4 Å². The monoisotopic (exact) mass is 364 g/mol. The van der Waals surface area contributed by atoms with Crippen molar-refractivity contribution in [3.63, 3.8) is 0 Å². The summed E-state index contributed by atoms with van der Waals surface area (Å²) in [5.41, 5.74) is 2.51. The third-order valence-electron chi connectivity index (χ3n) is 4.78. The van der Waals surface area contributed by atoms with Crippen LogP contribution in [-0.2, 0) is 4.79 Å². The van der Waals surface area contributed by atoms with E-state index in [1.165, 1.54) is 0 Å². The fourth-order valence-corrected chi connectivity index (χ4v) is 3.53. The third-order valence-corrected chi connectivity index (χ3v) is 4.78. The van der Waals surface area contributed by atoms with Crippen LogP contribution in [0.3, 0.4) is 0 Å². The summed E-state index contributed by atoms with van der Waals surface area (Å²) in [4.78, 5) is 21.1. The Bertz CT molecular complexity index is 1030. The van der Waals surface area contributed by atoms with Crippen molar-refractivity contribution in [3.05, 3.63) is 54.2 Å². The molecule has 1 aromatic carbocycles. The molecule has 4 heterocycles. The van der Waals surface area contributed by atoms with Crippen LogP contribution >= 0.6 is 0 Å². The van der Waals surface area contributed by atoms with Crippen molar-refractivity contribution in [1.29, 1.82) is 0 Å². The number of fused-ring (bicyclic) bond motifs is 2. The molecule has 2 aliphatic rings. The van der Waals surface area contributed by atoms with Gasteiger partial charge in [-0.2, -0.15) is 0 Å². The van der Waals surface area contributed by atoms with Crippen molar-refractivity contribution in [3.8, 4) is 22.9 Å². The summed E-state index contributed by atoms with van der Waals surface area (Å²) in [7, 11) is 1.58. The van der Waals surface area contributed by atoms with E-state index in [2.05, 4.69) is 15.3 Å². The van der Waals surface area contributed by atoms with Crippen LogP contribution in [0.15, 0.2) is 43.0 Å². The molecular weight excluding hydrogens is 348 g/mol. The Kier molecular flexibility index (Phi) is 3.49. The molecule has 136 valence electrons. The van der Waals surface area contributed by atoms with E-state index in [4.69, 9.17) is 14.2 Å². The molecule has 1 amide bonds. The summed E-state index contributed by atoms with van der Waals surface area (Å²) in [6, 6.07) is 7.52. The number of nitrogens with one attached hydrogen (secondary N) is 1. The first-order chi connectivity index (χ1) is 13.2. The van der Waals surface area contributed by atoms with Gasteiger partial charge < -0.3 is 19.5 Å². The zero-order valence-electron chi connectivity index (χ0n) is 14.5. The maximum atomic E-state index is 12.4. The van der Waals surface area contributed by atoms with E-state index in [1.54, 1.807) is 25.8 Å². The summed E-state index contributed by atoms with van der Waals surface area (Å²) in [6.07, 6.45) is 5.42. The number of pyridine rings is 1. The van der Waals surface area contributed by atoms with Gasteiger partial charge in [0.1, 0.15) is 12.1 Å². The highest BCUT2D eigenvalue weighted by Gasteiger charge is 2.33. The highest BCUT2D eigenvalue weighted by atomic mass is 16.7. The Morgan fingerprint density at radius 2 is 2.26 bits per heavy atom. The Balaban J connectivity index is 1.62. The van der Waals surface area contributed by atoms with Crippen LogP contribution in [0.4, 0.5) is 5.82 Å². The fourth-order valence-electron chi connectivity index (χ4n) is 3.53. The van der Waals surface area contributed by atoms with Crippen LogP contribution in [0.5, 0.6) is 17.2 Å². The standard InChI is InChI=1S/C19H16N4O4/c1-25-14-5-11(6-15-18(14)27-10-26-15)13-7-16(24)22-19-17(13)21-9-23(19)12-3-2-4-20-8-12/h2-6,8-9,13H,7,10H2,1H3,(H,22,24)/t13-/m1/s1. The number of carbonyl (C=O) groups excluding carboxylic acids is 1. The molecule has 1 N–H and O–H groups in total. The molecule has 8 heteroatoms. The molecule has 2 aliphatic heterocycles. The molecule has 0 saturated heterocycles. The molecular formula is C19H16N4O4. The number of methoxy groups -OCH3 is 1. The minimum atomic E-state index is -0.213. The zero-order chi connectivity index (χ0) is 18.4. The fraction of sp³-hybridized carbons (Fsp3) is 0.211. The van der Waals surface area contributed by atoms with Gasteiger partial charge in [-0.25, -0.2) is 4.98 Å². The van der Waals surface area contributed by atoms with Crippen molar-refractivity contribution in [2.24, 2.45) is 0 Å². The van der Waals surface area contributed by atoms with Crippen LogP contribution < -0.4 is 19.5 Å². The Morgan fingerprint density at radius 3 is 3.07 bits per heavy atom. The molecule has 0 aliphatic carbocycles. The van der Waals surface area contributed by atoms with E-state index >= 15 is 0 Å². The van der Waals surface area contributed by atoms with Gasteiger partial charge in [-0.3, -0.25) is 14.3 Å². The van der Waals surface area contributed by atoms with Crippen molar-refractivity contribution in [1.82, 2.24) is 14.5 Å². The third kappa shape index (κ3) is 2.49. The van der Waals surface area contributed by atoms with Gasteiger partial charge in [0, 0.05) is 18.5 Å². The SMILES string of the molecule is COc1cc([C@H]2CC(=O)Nc3c2ncn3-c2cccnc2)cc2c1OCO2. The van der Waals surface area contributed by atoms with Crippen molar-refractivity contribution in [2.45, 2.75) is 12.3 Å². The second kappa shape index (κ2) is 6.01. The molecule has 5 rings (SSSR count). The number of rotatable bonds is 3. The van der Waals surface area contributed by atoms with Crippen molar-refractivity contribution in [2.75, 3.05) is 19.2 Å². The largest absolute Gasteiger partial charge is 0.493 e. The van der Waals surface area contributed by atoms with Gasteiger partial charge in [0.05, 0.1) is 24.7 Å². The van der Waals surface area contributed by atoms with E-state index in [-0.39, 0.29) is 18.6 Å². The molecule has 1 atom stereocenters. The van der Waals surface area contributed by atoms with Gasteiger partial charge in [-0.1, -0.05) is 0 Å². The van der Waals surface area contributed by atoms with Crippen LogP contribution in [0.1, 0.15) is 23.6 Å². The molecule has 0 spiro atoms. The number of carbonyl (C=O) groups is 1. The lowest BCUT2D eigenvalue weighted by molar-refractivity contribution is -0.116. The molecule has 0 saturated carbocycles. The number of benzene rings is 1. The normalized spacial score (nSPS) is 17.4. The molecule has 27 heavy (non-hydrogen) atoms. The van der Waals surface area contributed by atoms with Crippen LogP contribution in [-0.4, -0.2) is 34.3 Å². The lowest BCUT2D eigenvalue weighted by atomic mass is 9.89. The Labute approximate surface area is 154 Å². The first kappa shape index (κ1) is 15.7. The summed E-state index contributed by atoms with van der Waals surface area (Å²) in [6.45, 7) is 0.154. The molecule has 8 nitrogen and oxygen atoms in total. The van der Waals surface area contributed by atoms with Crippen LogP contribution in [0.2, 0.25) is 0 Å². The van der Waals surface area contributed by atoms with E-state index in [0.717, 1.165) is 16.9 Å². The second-order valence-electron chi connectivity index (χ2n) is 6.32. The van der Waals surface area contributed by atoms with Gasteiger partial charge in [0.25, 0.3) is 0 Å². The van der Waals surface area contributed by atoms with Gasteiger partial charge in [0.15, 0.2) is 11.5 Å². The van der Waals surface area contributed by atoms with Crippen molar-refractivity contribution < 1.29 is 19.0 Å². The Morgan fingerprint density at radius 1 is 1.33 bits per heavy atom. The minimum absolute atomic E-state index is 0.0743. The number of hydrogen-bond acceptors (Lipinski definition) is 6. The summed E-state index contributed by atoms with van der Waals surface area (Å²) in [5, 5.41) is 2.93. The average Bonchev–Trinajstić information content (AvgIpc) is 3.34. The van der Waals surface area contributed by atoms with E-state index in [0.29, 0.717) is 29.5 Å². The number of amides is 1. The first-order valence-corrected chi connectivity index (χ1v) is 8.49. The molecule has 0 unspecified atom stereocenters. The molecule has 0 bridgehead atoms. The number of ether oxygens (including phenoxy) is 3. The smallest absolute Gasteiger partial charge is 0.231 e. The number of hydrogen-bond donors (Lipinski definition) is 1. The molecule has 3 aromatic rings. The topological polar surface area (TPSA) is 87.5 Å². The van der Waals surface area contributed by atoms with Gasteiger partial charge in [-0.05, 0) is 29.8 Å². The van der Waals surface area contributed by atoms with E-state index < -0.39 is 0 Å². The maximum Gasteiger partial charge on any atom is 0.231 e. The summed E-state index contributed by atoms with van der Waals surface area (Å²) in [5.74, 6) is 2.15. The number of nitrogens with zero attached hydrogens (tertiary/aromatic N) is 3. The quantitative estimate of drug-likeness (QED) is 0.768. The molecule has 0 radical (unpaired) electrons. The molecule has 2 aromatic heterocycles. The van der Waals surface area contributed by atoms with E-state index in [9.17, 15) is 4.79 Å². The summed E-state index contributed by atoms with van der Waals surface area (Å²) >= 11 is 0. The van der Waals surface area contributed by atoms with Gasteiger partial charge in [-0.15, -0.1) is 0 Å². The lowest BCUT2D eigenvalue weighted by Crippen LogP contribution is -2.25. The number of imidazole rings is 1. The first-order valence-electron chi connectivity index (χ1n) is 8.49. The highest BCUT2D eigenvalue weighted by molar-refractivity contribution is 5.94. The Hall–Kier alpha value is -3.55. The summed E-state index contributed by atoms with van der Waals surface area (Å²) < 4.78 is 18.3. The number of aromatic nitrogens is 3. The highest BCUT2D eigenvalue weighted by Crippen LogP contribution is 2.46. The zero-order valence-corrected chi connectivity index (χ0v) is 14.5. The van der Waals surface area contributed by atoms with Crippen LogP contribution in [0.25, 0.3) is 5.69 Å². The predicted molar refractivity (Wildman–Crippen MR) is 95.6 cm³/mol.